The maximum absolute atomic E-state index is 11.9. The minimum Gasteiger partial charge on any atom is -0.370 e. The molecule has 1 saturated heterocycles. The Morgan fingerprint density at radius 1 is 1.32 bits per heavy atom. The standard InChI is InChI=1S/C23H31N3O2/c1-16-5-10-20-21(13-16)28-22(14-23(20,3)25-17(2)27)19-8-6-18(7-9-19)15-26-12-4-11-24-26/h4,6-9,11-12,16,20-22H,5,10,13-15H2,1-3H3,(H,25,27)/t16-,20-,21-,22-,23-/m1/s1. The van der Waals surface area contributed by atoms with Crippen LogP contribution in [0.5, 0.6) is 0 Å². The number of amides is 1. The van der Waals surface area contributed by atoms with Crippen LogP contribution in [0, 0.1) is 11.8 Å². The Labute approximate surface area is 167 Å². The lowest BCUT2D eigenvalue weighted by Crippen LogP contribution is -2.60. The Morgan fingerprint density at radius 2 is 2.11 bits per heavy atom. The molecule has 0 spiro atoms. The Kier molecular flexibility index (Phi) is 5.28. The lowest BCUT2D eigenvalue weighted by Gasteiger charge is -2.52. The molecule has 5 nitrogen and oxygen atoms in total. The van der Waals surface area contributed by atoms with Crippen LogP contribution < -0.4 is 5.32 Å². The van der Waals surface area contributed by atoms with Gasteiger partial charge in [0.15, 0.2) is 0 Å². The Hall–Kier alpha value is -2.14. The normalized spacial score (nSPS) is 32.5. The number of nitrogens with zero attached hydrogens (tertiary/aromatic N) is 2. The molecule has 1 aromatic carbocycles. The number of nitrogens with one attached hydrogen (secondary N) is 1. The van der Waals surface area contributed by atoms with Gasteiger partial charge in [0, 0.05) is 37.2 Å². The third-order valence-corrected chi connectivity index (χ3v) is 6.54. The molecule has 1 aliphatic carbocycles. The second-order valence-electron chi connectivity index (χ2n) is 8.94. The Morgan fingerprint density at radius 3 is 2.79 bits per heavy atom. The van der Waals surface area contributed by atoms with Crippen LogP contribution in [0.15, 0.2) is 42.7 Å². The fourth-order valence-corrected chi connectivity index (χ4v) is 5.16. The van der Waals surface area contributed by atoms with E-state index in [0.717, 1.165) is 25.8 Å². The first kappa shape index (κ1) is 19.2. The molecule has 1 amide bonds. The van der Waals surface area contributed by atoms with Gasteiger partial charge in [-0.3, -0.25) is 9.48 Å². The summed E-state index contributed by atoms with van der Waals surface area (Å²) in [4.78, 5) is 11.9. The van der Waals surface area contributed by atoms with Gasteiger partial charge in [-0.1, -0.05) is 37.6 Å². The lowest BCUT2D eigenvalue weighted by atomic mass is 9.66. The zero-order valence-corrected chi connectivity index (χ0v) is 17.1. The van der Waals surface area contributed by atoms with Crippen molar-refractivity contribution in [2.24, 2.45) is 11.8 Å². The van der Waals surface area contributed by atoms with Gasteiger partial charge in [-0.15, -0.1) is 0 Å². The van der Waals surface area contributed by atoms with E-state index >= 15 is 0 Å². The summed E-state index contributed by atoms with van der Waals surface area (Å²) in [6, 6.07) is 10.6. The van der Waals surface area contributed by atoms with Crippen LogP contribution in [-0.2, 0) is 16.1 Å². The summed E-state index contributed by atoms with van der Waals surface area (Å²) in [5, 5.41) is 7.56. The van der Waals surface area contributed by atoms with Crippen LogP contribution in [-0.4, -0.2) is 27.3 Å². The van der Waals surface area contributed by atoms with Crippen molar-refractivity contribution in [3.05, 3.63) is 53.9 Å². The maximum atomic E-state index is 11.9. The predicted molar refractivity (Wildman–Crippen MR) is 109 cm³/mol. The molecular formula is C23H31N3O2. The highest BCUT2D eigenvalue weighted by Gasteiger charge is 2.49. The van der Waals surface area contributed by atoms with E-state index in [1.54, 1.807) is 13.1 Å². The summed E-state index contributed by atoms with van der Waals surface area (Å²) in [7, 11) is 0. The number of carbonyl (C=O) groups excluding carboxylic acids is 1. The molecule has 5 heteroatoms. The third kappa shape index (κ3) is 4.00. The van der Waals surface area contributed by atoms with E-state index in [9.17, 15) is 4.79 Å². The SMILES string of the molecule is CC(=O)N[C@]1(C)C[C@H](c2ccc(Cn3cccn3)cc2)O[C@@H]2C[C@H](C)CC[C@H]21. The van der Waals surface area contributed by atoms with Crippen molar-refractivity contribution in [3.63, 3.8) is 0 Å². The molecule has 2 heterocycles. The molecule has 2 aromatic rings. The second-order valence-corrected chi connectivity index (χ2v) is 8.94. The van der Waals surface area contributed by atoms with Crippen molar-refractivity contribution < 1.29 is 9.53 Å². The summed E-state index contributed by atoms with van der Waals surface area (Å²) >= 11 is 0. The fourth-order valence-electron chi connectivity index (χ4n) is 5.16. The highest BCUT2D eigenvalue weighted by atomic mass is 16.5. The molecule has 1 aromatic heterocycles. The smallest absolute Gasteiger partial charge is 0.217 e. The molecule has 1 aliphatic heterocycles. The van der Waals surface area contributed by atoms with Crippen molar-refractivity contribution in [3.8, 4) is 0 Å². The van der Waals surface area contributed by atoms with Crippen molar-refractivity contribution >= 4 is 5.91 Å². The molecule has 0 unspecified atom stereocenters. The second kappa shape index (κ2) is 7.70. The van der Waals surface area contributed by atoms with Crippen LogP contribution in [0.25, 0.3) is 0 Å². The van der Waals surface area contributed by atoms with Crippen LogP contribution in [0.1, 0.15) is 63.7 Å². The van der Waals surface area contributed by atoms with Gasteiger partial charge >= 0.3 is 0 Å². The number of hydrogen-bond acceptors (Lipinski definition) is 3. The molecule has 28 heavy (non-hydrogen) atoms. The number of hydrogen-bond donors (Lipinski definition) is 1. The van der Waals surface area contributed by atoms with Gasteiger partial charge in [-0.25, -0.2) is 0 Å². The highest BCUT2D eigenvalue weighted by Crippen LogP contribution is 2.47. The van der Waals surface area contributed by atoms with Gasteiger partial charge in [0.05, 0.1) is 18.8 Å². The number of ether oxygens (including phenoxy) is 1. The summed E-state index contributed by atoms with van der Waals surface area (Å²) in [6.07, 6.45) is 8.24. The van der Waals surface area contributed by atoms with Crippen LogP contribution in [0.3, 0.4) is 0 Å². The summed E-state index contributed by atoms with van der Waals surface area (Å²) in [6.45, 7) is 6.91. The van der Waals surface area contributed by atoms with Gasteiger partial charge in [0.25, 0.3) is 0 Å². The van der Waals surface area contributed by atoms with Gasteiger partial charge in [0.2, 0.25) is 5.91 Å². The molecule has 1 saturated carbocycles. The molecule has 5 atom stereocenters. The largest absolute Gasteiger partial charge is 0.370 e. The zero-order valence-electron chi connectivity index (χ0n) is 17.1. The van der Waals surface area contributed by atoms with Crippen molar-refractivity contribution in [1.29, 1.82) is 0 Å². The van der Waals surface area contributed by atoms with Gasteiger partial charge < -0.3 is 10.1 Å². The topological polar surface area (TPSA) is 56.2 Å². The van der Waals surface area contributed by atoms with Crippen LogP contribution >= 0.6 is 0 Å². The molecule has 2 aliphatic rings. The van der Waals surface area contributed by atoms with Crippen molar-refractivity contribution in [2.75, 3.05) is 0 Å². The van der Waals surface area contributed by atoms with Crippen LogP contribution in [0.4, 0.5) is 0 Å². The van der Waals surface area contributed by atoms with Gasteiger partial charge in [-0.05, 0) is 42.9 Å². The van der Waals surface area contributed by atoms with E-state index in [0.29, 0.717) is 11.8 Å². The quantitative estimate of drug-likeness (QED) is 0.868. The molecular weight excluding hydrogens is 350 g/mol. The molecule has 1 N–H and O–H groups in total. The van der Waals surface area contributed by atoms with Crippen LogP contribution in [0.2, 0.25) is 0 Å². The number of carbonyl (C=O) groups is 1. The lowest BCUT2D eigenvalue weighted by molar-refractivity contribution is -0.153. The number of fused-ring (bicyclic) bond motifs is 1. The minimum absolute atomic E-state index is 0.0159. The van der Waals surface area contributed by atoms with Gasteiger partial charge in [0.1, 0.15) is 0 Å². The van der Waals surface area contributed by atoms with Crippen molar-refractivity contribution in [1.82, 2.24) is 15.1 Å². The molecule has 4 rings (SSSR count). The zero-order chi connectivity index (χ0) is 19.7. The van der Waals surface area contributed by atoms with E-state index in [4.69, 9.17) is 4.74 Å². The van der Waals surface area contributed by atoms with E-state index in [2.05, 4.69) is 48.5 Å². The monoisotopic (exact) mass is 381 g/mol. The van der Waals surface area contributed by atoms with E-state index in [1.165, 1.54) is 17.5 Å². The summed E-state index contributed by atoms with van der Waals surface area (Å²) < 4.78 is 8.53. The number of aromatic nitrogens is 2. The third-order valence-electron chi connectivity index (χ3n) is 6.54. The summed E-state index contributed by atoms with van der Waals surface area (Å²) in [5.41, 5.74) is 2.20. The van der Waals surface area contributed by atoms with Crippen molar-refractivity contribution in [2.45, 2.75) is 70.7 Å². The minimum atomic E-state index is -0.215. The summed E-state index contributed by atoms with van der Waals surface area (Å²) in [5.74, 6) is 1.12. The maximum Gasteiger partial charge on any atom is 0.217 e. The van der Waals surface area contributed by atoms with E-state index in [-0.39, 0.29) is 23.7 Å². The van der Waals surface area contributed by atoms with E-state index in [1.807, 2.05) is 16.9 Å². The number of rotatable bonds is 4. The molecule has 150 valence electrons. The molecule has 0 bridgehead atoms. The highest BCUT2D eigenvalue weighted by molar-refractivity contribution is 5.73. The first-order valence-electron chi connectivity index (χ1n) is 10.4. The first-order chi connectivity index (χ1) is 13.4. The van der Waals surface area contributed by atoms with Gasteiger partial charge in [-0.2, -0.15) is 5.10 Å². The first-order valence-corrected chi connectivity index (χ1v) is 10.4. The van der Waals surface area contributed by atoms with E-state index < -0.39 is 0 Å². The number of benzene rings is 1. The predicted octanol–water partition coefficient (Wildman–Crippen LogP) is 4.09. The average molecular weight is 382 g/mol. The molecule has 0 radical (unpaired) electrons. The average Bonchev–Trinajstić information content (AvgIpc) is 3.14. The Balaban J connectivity index is 1.54. The Bertz CT molecular complexity index is 802. The molecule has 2 fully saturated rings. The fraction of sp³-hybridized carbons (Fsp3) is 0.565.